The Hall–Kier alpha value is -1.39. The van der Waals surface area contributed by atoms with Crippen molar-refractivity contribution in [1.82, 2.24) is 4.90 Å². The molecule has 4 heteroatoms. The van der Waals surface area contributed by atoms with E-state index in [2.05, 4.69) is 10.2 Å². The van der Waals surface area contributed by atoms with E-state index in [1.54, 1.807) is 0 Å². The number of amides is 1. The highest BCUT2D eigenvalue weighted by molar-refractivity contribution is 5.95. The van der Waals surface area contributed by atoms with Gasteiger partial charge in [-0.2, -0.15) is 0 Å². The molecule has 0 aromatic heterocycles. The molecule has 0 saturated heterocycles. The molecule has 1 aromatic rings. The molecule has 0 aliphatic heterocycles. The first-order valence-electron chi connectivity index (χ1n) is 6.44. The quantitative estimate of drug-likeness (QED) is 0.830. The number of benzene rings is 1. The lowest BCUT2D eigenvalue weighted by atomic mass is 10.1. The van der Waals surface area contributed by atoms with Gasteiger partial charge in [-0.3, -0.25) is 9.69 Å². The summed E-state index contributed by atoms with van der Waals surface area (Å²) in [5.41, 5.74) is 7.44. The molecule has 1 aliphatic rings. The van der Waals surface area contributed by atoms with E-state index in [4.69, 9.17) is 5.73 Å². The molecule has 2 rings (SSSR count). The van der Waals surface area contributed by atoms with Gasteiger partial charge in [0.15, 0.2) is 0 Å². The number of likely N-dealkylation sites (N-methyl/N-ethyl adjacent to an activating group) is 1. The summed E-state index contributed by atoms with van der Waals surface area (Å²) < 4.78 is 0. The number of rotatable bonds is 5. The Labute approximate surface area is 108 Å². The molecule has 1 unspecified atom stereocenters. The molecule has 3 N–H and O–H groups in total. The fourth-order valence-corrected chi connectivity index (χ4v) is 2.04. The van der Waals surface area contributed by atoms with E-state index < -0.39 is 0 Å². The van der Waals surface area contributed by atoms with Crippen molar-refractivity contribution in [2.24, 2.45) is 5.73 Å². The Bertz CT molecular complexity index is 429. The van der Waals surface area contributed by atoms with E-state index in [0.29, 0.717) is 12.6 Å². The molecule has 1 aromatic carbocycles. The minimum Gasteiger partial charge on any atom is -0.326 e. The van der Waals surface area contributed by atoms with Gasteiger partial charge in [-0.25, -0.2) is 0 Å². The van der Waals surface area contributed by atoms with Gasteiger partial charge in [-0.05, 0) is 38.4 Å². The monoisotopic (exact) mass is 247 g/mol. The molecular weight excluding hydrogens is 226 g/mol. The first kappa shape index (κ1) is 13.1. The molecule has 0 radical (unpaired) electrons. The minimum absolute atomic E-state index is 0.0327. The van der Waals surface area contributed by atoms with E-state index >= 15 is 0 Å². The van der Waals surface area contributed by atoms with Gasteiger partial charge in [0.25, 0.3) is 0 Å². The molecule has 0 heterocycles. The van der Waals surface area contributed by atoms with Gasteiger partial charge >= 0.3 is 0 Å². The molecule has 1 aliphatic carbocycles. The molecule has 98 valence electrons. The van der Waals surface area contributed by atoms with Crippen LogP contribution in [0.1, 0.15) is 25.3 Å². The average Bonchev–Trinajstić information content (AvgIpc) is 3.22. The van der Waals surface area contributed by atoms with Gasteiger partial charge in [0.1, 0.15) is 0 Å². The number of para-hydroxylation sites is 1. The van der Waals surface area contributed by atoms with E-state index in [1.807, 2.05) is 38.2 Å². The van der Waals surface area contributed by atoms with Crippen LogP contribution < -0.4 is 11.1 Å². The fourth-order valence-electron chi connectivity index (χ4n) is 2.04. The summed E-state index contributed by atoms with van der Waals surface area (Å²) in [7, 11) is 2.01. The number of nitrogens with zero attached hydrogens (tertiary/aromatic N) is 1. The summed E-state index contributed by atoms with van der Waals surface area (Å²) in [6, 6.07) is 8.13. The lowest BCUT2D eigenvalue weighted by Crippen LogP contribution is -2.40. The maximum absolute atomic E-state index is 12.2. The normalized spacial score (nSPS) is 16.7. The van der Waals surface area contributed by atoms with E-state index in [1.165, 1.54) is 12.8 Å². The Kier molecular flexibility index (Phi) is 3.99. The fraction of sp³-hybridized carbons (Fsp3) is 0.500. The van der Waals surface area contributed by atoms with Crippen molar-refractivity contribution in [3.63, 3.8) is 0 Å². The average molecular weight is 247 g/mol. The van der Waals surface area contributed by atoms with Crippen molar-refractivity contribution in [3.05, 3.63) is 29.8 Å². The number of carbonyl (C=O) groups is 1. The van der Waals surface area contributed by atoms with Gasteiger partial charge in [0.05, 0.1) is 6.04 Å². The van der Waals surface area contributed by atoms with Crippen molar-refractivity contribution in [3.8, 4) is 0 Å². The topological polar surface area (TPSA) is 58.4 Å². The lowest BCUT2D eigenvalue weighted by Gasteiger charge is -2.24. The Morgan fingerprint density at radius 3 is 2.78 bits per heavy atom. The van der Waals surface area contributed by atoms with Crippen LogP contribution in [0.25, 0.3) is 0 Å². The van der Waals surface area contributed by atoms with Gasteiger partial charge in [-0.1, -0.05) is 18.2 Å². The highest BCUT2D eigenvalue weighted by Gasteiger charge is 2.32. The second-order valence-electron chi connectivity index (χ2n) is 4.92. The SMILES string of the molecule is CC(C(=O)Nc1ccccc1CN)N(C)C1CC1. The third-order valence-electron chi connectivity index (χ3n) is 3.61. The second-order valence-corrected chi connectivity index (χ2v) is 4.92. The smallest absolute Gasteiger partial charge is 0.241 e. The minimum atomic E-state index is -0.108. The van der Waals surface area contributed by atoms with Gasteiger partial charge < -0.3 is 11.1 Å². The lowest BCUT2D eigenvalue weighted by molar-refractivity contribution is -0.120. The van der Waals surface area contributed by atoms with Crippen LogP contribution in [-0.4, -0.2) is 29.9 Å². The van der Waals surface area contributed by atoms with Crippen LogP contribution in [0.2, 0.25) is 0 Å². The van der Waals surface area contributed by atoms with E-state index in [9.17, 15) is 4.79 Å². The molecule has 1 saturated carbocycles. The van der Waals surface area contributed by atoms with Crippen LogP contribution >= 0.6 is 0 Å². The first-order valence-corrected chi connectivity index (χ1v) is 6.44. The van der Waals surface area contributed by atoms with Gasteiger partial charge in [-0.15, -0.1) is 0 Å². The summed E-state index contributed by atoms with van der Waals surface area (Å²) in [5, 5.41) is 2.96. The third-order valence-corrected chi connectivity index (χ3v) is 3.61. The zero-order chi connectivity index (χ0) is 13.1. The third kappa shape index (κ3) is 2.89. The molecule has 1 amide bonds. The van der Waals surface area contributed by atoms with Gasteiger partial charge in [0, 0.05) is 18.3 Å². The predicted molar refractivity (Wildman–Crippen MR) is 73.2 cm³/mol. The van der Waals surface area contributed by atoms with Crippen molar-refractivity contribution in [2.45, 2.75) is 38.4 Å². The highest BCUT2D eigenvalue weighted by Crippen LogP contribution is 2.27. The number of nitrogens with one attached hydrogen (secondary N) is 1. The summed E-state index contributed by atoms with van der Waals surface area (Å²) >= 11 is 0. The van der Waals surface area contributed by atoms with Crippen molar-refractivity contribution in [1.29, 1.82) is 0 Å². The van der Waals surface area contributed by atoms with Crippen LogP contribution in [0.15, 0.2) is 24.3 Å². The Balaban J connectivity index is 2.01. The molecule has 0 bridgehead atoms. The molecule has 0 spiro atoms. The zero-order valence-electron chi connectivity index (χ0n) is 11.0. The van der Waals surface area contributed by atoms with Gasteiger partial charge in [0.2, 0.25) is 5.91 Å². The molecule has 4 nitrogen and oxygen atoms in total. The zero-order valence-corrected chi connectivity index (χ0v) is 11.0. The maximum atomic E-state index is 12.2. The molecule has 18 heavy (non-hydrogen) atoms. The number of carbonyl (C=O) groups excluding carboxylic acids is 1. The van der Waals surface area contributed by atoms with Crippen molar-refractivity contribution in [2.75, 3.05) is 12.4 Å². The Morgan fingerprint density at radius 2 is 2.17 bits per heavy atom. The largest absolute Gasteiger partial charge is 0.326 e. The first-order chi connectivity index (χ1) is 8.63. The van der Waals surface area contributed by atoms with Crippen molar-refractivity contribution >= 4 is 11.6 Å². The van der Waals surface area contributed by atoms with Crippen LogP contribution in [0.5, 0.6) is 0 Å². The molecule has 1 atom stereocenters. The molecular formula is C14H21N3O. The van der Waals surface area contributed by atoms with E-state index in [0.717, 1.165) is 11.3 Å². The Morgan fingerprint density at radius 1 is 1.50 bits per heavy atom. The summed E-state index contributed by atoms with van der Waals surface area (Å²) in [5.74, 6) is 0.0327. The van der Waals surface area contributed by atoms with Crippen LogP contribution in [-0.2, 0) is 11.3 Å². The number of anilines is 1. The number of hydrogen-bond donors (Lipinski definition) is 2. The summed E-state index contributed by atoms with van der Waals surface area (Å²) in [4.78, 5) is 14.3. The van der Waals surface area contributed by atoms with E-state index in [-0.39, 0.29) is 11.9 Å². The maximum Gasteiger partial charge on any atom is 0.241 e. The second kappa shape index (κ2) is 5.50. The standard InChI is InChI=1S/C14H21N3O/c1-10(17(2)12-7-8-12)14(18)16-13-6-4-3-5-11(13)9-15/h3-6,10,12H,7-9,15H2,1-2H3,(H,16,18). The van der Waals surface area contributed by atoms with Crippen molar-refractivity contribution < 1.29 is 4.79 Å². The number of hydrogen-bond acceptors (Lipinski definition) is 3. The van der Waals surface area contributed by atoms with Crippen LogP contribution in [0.3, 0.4) is 0 Å². The van der Waals surface area contributed by atoms with Crippen LogP contribution in [0.4, 0.5) is 5.69 Å². The highest BCUT2D eigenvalue weighted by atomic mass is 16.2. The molecule has 1 fully saturated rings. The number of nitrogens with two attached hydrogens (primary N) is 1. The summed E-state index contributed by atoms with van der Waals surface area (Å²) in [6.45, 7) is 2.38. The predicted octanol–water partition coefficient (Wildman–Crippen LogP) is 1.57. The van der Waals surface area contributed by atoms with Crippen LogP contribution in [0, 0.1) is 0 Å². The summed E-state index contributed by atoms with van der Waals surface area (Å²) in [6.07, 6.45) is 2.40.